The highest BCUT2D eigenvalue weighted by molar-refractivity contribution is 9.10. The summed E-state index contributed by atoms with van der Waals surface area (Å²) >= 11 is 3.45. The first kappa shape index (κ1) is 19.0. The lowest BCUT2D eigenvalue weighted by Gasteiger charge is -2.32. The fourth-order valence-corrected chi connectivity index (χ4v) is 3.54. The number of nitrogens with one attached hydrogen (secondary N) is 1. The van der Waals surface area contributed by atoms with Gasteiger partial charge >= 0.3 is 0 Å². The van der Waals surface area contributed by atoms with Crippen LogP contribution in [-0.2, 0) is 11.3 Å². The number of carbonyl (C=O) groups excluding carboxylic acids is 1. The monoisotopic (exact) mass is 420 g/mol. The molecular weight excluding hydrogens is 396 g/mol. The van der Waals surface area contributed by atoms with Gasteiger partial charge in [-0.15, -0.1) is 0 Å². The summed E-state index contributed by atoms with van der Waals surface area (Å²) in [6.45, 7) is 8.25. The van der Waals surface area contributed by atoms with E-state index in [0.717, 1.165) is 36.0 Å². The fourth-order valence-electron chi connectivity index (χ4n) is 3.14. The molecule has 2 aromatic rings. The molecule has 7 heteroatoms. The van der Waals surface area contributed by atoms with Gasteiger partial charge in [0.05, 0.1) is 12.5 Å². The lowest BCUT2D eigenvalue weighted by atomic mass is 9.95. The van der Waals surface area contributed by atoms with Gasteiger partial charge in [0.1, 0.15) is 0 Å². The summed E-state index contributed by atoms with van der Waals surface area (Å²) < 4.78 is 6.40. The molecule has 1 aromatic heterocycles. The van der Waals surface area contributed by atoms with E-state index < -0.39 is 0 Å². The maximum atomic E-state index is 12.4. The van der Waals surface area contributed by atoms with Crippen molar-refractivity contribution in [1.82, 2.24) is 20.4 Å². The molecule has 3 rings (SSSR count). The molecule has 1 saturated heterocycles. The Labute approximate surface area is 162 Å². The normalized spacial score (nSPS) is 18.7. The van der Waals surface area contributed by atoms with Crippen LogP contribution in [0.25, 0.3) is 11.4 Å². The first-order valence-corrected chi connectivity index (χ1v) is 9.72. The summed E-state index contributed by atoms with van der Waals surface area (Å²) in [4.78, 5) is 19.2. The molecule has 6 nitrogen and oxygen atoms in total. The lowest BCUT2D eigenvalue weighted by Crippen LogP contribution is -2.48. The molecule has 1 N–H and O–H groups in total. The van der Waals surface area contributed by atoms with Crippen LogP contribution in [0.4, 0.5) is 0 Å². The zero-order chi connectivity index (χ0) is 18.7. The summed E-state index contributed by atoms with van der Waals surface area (Å²) in [7, 11) is 0. The summed E-state index contributed by atoms with van der Waals surface area (Å²) in [6, 6.07) is 7.81. The van der Waals surface area contributed by atoms with E-state index in [1.54, 1.807) is 0 Å². The van der Waals surface area contributed by atoms with E-state index in [4.69, 9.17) is 4.52 Å². The molecule has 26 heavy (non-hydrogen) atoms. The number of halogens is 1. The Morgan fingerprint density at radius 1 is 1.42 bits per heavy atom. The topological polar surface area (TPSA) is 71.3 Å². The van der Waals surface area contributed by atoms with Gasteiger partial charge in [0.2, 0.25) is 17.6 Å². The van der Waals surface area contributed by atoms with E-state index in [-0.39, 0.29) is 17.4 Å². The van der Waals surface area contributed by atoms with Crippen LogP contribution in [0.3, 0.4) is 0 Å². The molecular formula is C19H25BrN4O2. The minimum Gasteiger partial charge on any atom is -0.351 e. The Morgan fingerprint density at radius 2 is 2.23 bits per heavy atom. The predicted molar refractivity (Wildman–Crippen MR) is 103 cm³/mol. The third-order valence-corrected chi connectivity index (χ3v) is 4.78. The number of nitrogens with zero attached hydrogens (tertiary/aromatic N) is 3. The Kier molecular flexibility index (Phi) is 5.77. The standard InChI is InChI=1S/C19H25BrN4O2/c1-19(2,3)22-18(25)14-7-5-9-24(11-14)12-16-21-17(23-26-16)13-6-4-8-15(20)10-13/h4,6,8,10,14H,5,7,9,11-12H2,1-3H3,(H,22,25). The second kappa shape index (κ2) is 7.88. The van der Waals surface area contributed by atoms with Gasteiger partial charge < -0.3 is 9.84 Å². The second-order valence-corrected chi connectivity index (χ2v) is 8.75. The summed E-state index contributed by atoms with van der Waals surface area (Å²) in [6.07, 6.45) is 1.92. The molecule has 1 aliphatic rings. The Balaban J connectivity index is 1.61. The van der Waals surface area contributed by atoms with Crippen molar-refractivity contribution in [1.29, 1.82) is 0 Å². The van der Waals surface area contributed by atoms with Crippen LogP contribution in [0.5, 0.6) is 0 Å². The van der Waals surface area contributed by atoms with E-state index in [1.807, 2.05) is 45.0 Å². The molecule has 0 radical (unpaired) electrons. The van der Waals surface area contributed by atoms with Crippen LogP contribution in [0.1, 0.15) is 39.5 Å². The van der Waals surface area contributed by atoms with Crippen LogP contribution in [0, 0.1) is 5.92 Å². The molecule has 140 valence electrons. The average molecular weight is 421 g/mol. The first-order valence-electron chi connectivity index (χ1n) is 8.93. The third kappa shape index (κ3) is 5.14. The number of rotatable bonds is 4. The van der Waals surface area contributed by atoms with Gasteiger partial charge in [0.25, 0.3) is 0 Å². The molecule has 1 amide bonds. The van der Waals surface area contributed by atoms with Crippen molar-refractivity contribution in [2.75, 3.05) is 13.1 Å². The molecule has 0 aliphatic carbocycles. The molecule has 1 atom stereocenters. The highest BCUT2D eigenvalue weighted by Gasteiger charge is 2.28. The number of amides is 1. The van der Waals surface area contributed by atoms with Crippen molar-refractivity contribution < 1.29 is 9.32 Å². The van der Waals surface area contributed by atoms with Gasteiger partial charge in [-0.05, 0) is 52.3 Å². The Morgan fingerprint density at radius 3 is 2.96 bits per heavy atom. The first-order chi connectivity index (χ1) is 12.3. The maximum absolute atomic E-state index is 12.4. The molecule has 2 heterocycles. The van der Waals surface area contributed by atoms with Gasteiger partial charge in [0, 0.05) is 22.1 Å². The van der Waals surface area contributed by atoms with E-state index in [9.17, 15) is 4.79 Å². The highest BCUT2D eigenvalue weighted by Crippen LogP contribution is 2.22. The van der Waals surface area contributed by atoms with Crippen LogP contribution < -0.4 is 5.32 Å². The largest absolute Gasteiger partial charge is 0.351 e. The molecule has 0 saturated carbocycles. The number of hydrogen-bond donors (Lipinski definition) is 1. The summed E-state index contributed by atoms with van der Waals surface area (Å²) in [5.74, 6) is 1.30. The van der Waals surface area contributed by atoms with Crippen molar-refractivity contribution >= 4 is 21.8 Å². The van der Waals surface area contributed by atoms with Crippen molar-refractivity contribution in [3.63, 3.8) is 0 Å². The van der Waals surface area contributed by atoms with Crippen LogP contribution >= 0.6 is 15.9 Å². The Hall–Kier alpha value is -1.73. The van der Waals surface area contributed by atoms with Gasteiger partial charge in [-0.3, -0.25) is 9.69 Å². The predicted octanol–water partition coefficient (Wildman–Crippen LogP) is 3.63. The van der Waals surface area contributed by atoms with Crippen LogP contribution in [-0.4, -0.2) is 39.6 Å². The molecule has 1 aromatic carbocycles. The molecule has 1 aliphatic heterocycles. The van der Waals surface area contributed by atoms with E-state index in [2.05, 4.69) is 36.3 Å². The number of piperidine rings is 1. The lowest BCUT2D eigenvalue weighted by molar-refractivity contribution is -0.128. The minimum atomic E-state index is -0.204. The average Bonchev–Trinajstić information content (AvgIpc) is 3.02. The van der Waals surface area contributed by atoms with E-state index in [1.165, 1.54) is 0 Å². The zero-order valence-corrected chi connectivity index (χ0v) is 17.0. The Bertz CT molecular complexity index is 769. The summed E-state index contributed by atoms with van der Waals surface area (Å²) in [5, 5.41) is 7.17. The molecule has 1 fully saturated rings. The van der Waals surface area contributed by atoms with Gasteiger partial charge in [-0.2, -0.15) is 4.98 Å². The van der Waals surface area contributed by atoms with Crippen molar-refractivity contribution in [3.8, 4) is 11.4 Å². The second-order valence-electron chi connectivity index (χ2n) is 7.84. The summed E-state index contributed by atoms with van der Waals surface area (Å²) in [5.41, 5.74) is 0.709. The number of carbonyl (C=O) groups is 1. The SMILES string of the molecule is CC(C)(C)NC(=O)C1CCCN(Cc2nc(-c3cccc(Br)c3)no2)C1. The quantitative estimate of drug-likeness (QED) is 0.817. The van der Waals surface area contributed by atoms with E-state index in [0.29, 0.717) is 18.3 Å². The zero-order valence-electron chi connectivity index (χ0n) is 15.5. The molecule has 0 spiro atoms. The highest BCUT2D eigenvalue weighted by atomic mass is 79.9. The van der Waals surface area contributed by atoms with Gasteiger partial charge in [-0.25, -0.2) is 0 Å². The minimum absolute atomic E-state index is 0.00967. The van der Waals surface area contributed by atoms with Crippen molar-refractivity contribution in [2.45, 2.75) is 45.7 Å². The number of likely N-dealkylation sites (tertiary alicyclic amines) is 1. The van der Waals surface area contributed by atoms with Gasteiger partial charge in [-0.1, -0.05) is 33.2 Å². The van der Waals surface area contributed by atoms with E-state index >= 15 is 0 Å². The smallest absolute Gasteiger partial charge is 0.241 e. The van der Waals surface area contributed by atoms with Crippen molar-refractivity contribution in [3.05, 3.63) is 34.6 Å². The van der Waals surface area contributed by atoms with Crippen LogP contribution in [0.15, 0.2) is 33.3 Å². The molecule has 0 bridgehead atoms. The maximum Gasteiger partial charge on any atom is 0.241 e. The van der Waals surface area contributed by atoms with Crippen molar-refractivity contribution in [2.24, 2.45) is 5.92 Å². The fraction of sp³-hybridized carbons (Fsp3) is 0.526. The van der Waals surface area contributed by atoms with Crippen LogP contribution in [0.2, 0.25) is 0 Å². The number of benzene rings is 1. The number of hydrogen-bond acceptors (Lipinski definition) is 5. The molecule has 1 unspecified atom stereocenters. The van der Waals surface area contributed by atoms with Gasteiger partial charge in [0.15, 0.2) is 0 Å². The third-order valence-electron chi connectivity index (χ3n) is 4.28. The number of aromatic nitrogens is 2.